The normalized spacial score (nSPS) is 9.50. The number of anilines is 1. The van der Waals surface area contributed by atoms with E-state index < -0.39 is 5.97 Å². The van der Waals surface area contributed by atoms with E-state index >= 15 is 0 Å². The fourth-order valence-corrected chi connectivity index (χ4v) is 1.96. The number of carbonyl (C=O) groups is 2. The molecule has 0 aromatic heterocycles. The van der Waals surface area contributed by atoms with Crippen LogP contribution in [0, 0.1) is 13.8 Å². The van der Waals surface area contributed by atoms with E-state index in [9.17, 15) is 14.7 Å². The van der Waals surface area contributed by atoms with Crippen molar-refractivity contribution in [1.82, 2.24) is 0 Å². The first-order valence-electron chi connectivity index (χ1n) is 5.14. The Morgan fingerprint density at radius 1 is 1.28 bits per heavy atom. The molecule has 18 heavy (non-hydrogen) atoms. The maximum absolute atomic E-state index is 11.5. The van der Waals surface area contributed by atoms with Crippen molar-refractivity contribution in [2.45, 2.75) is 20.3 Å². The van der Waals surface area contributed by atoms with Gasteiger partial charge < -0.3 is 15.2 Å². The van der Waals surface area contributed by atoms with Crippen molar-refractivity contribution >= 4 is 40.2 Å². The van der Waals surface area contributed by atoms with Crippen LogP contribution in [0.4, 0.5) is 5.69 Å². The number of hydrogen-bond acceptors (Lipinski definition) is 3. The number of aryl methyl sites for hydroxylation is 2. The van der Waals surface area contributed by atoms with E-state index in [1.165, 1.54) is 6.07 Å². The number of hydrogen-bond donors (Lipinski definition) is 1. The summed E-state index contributed by atoms with van der Waals surface area (Å²) in [6.07, 6.45) is 0.446. The molecule has 0 fully saturated rings. The van der Waals surface area contributed by atoms with E-state index in [2.05, 4.69) is 27.9 Å². The number of benzene rings is 1. The Morgan fingerprint density at radius 3 is 2.39 bits per heavy atom. The van der Waals surface area contributed by atoms with Crippen LogP contribution in [0.25, 0.3) is 0 Å². The zero-order valence-electron chi connectivity index (χ0n) is 10.7. The van der Waals surface area contributed by atoms with Crippen molar-refractivity contribution in [1.29, 1.82) is 0 Å². The number of halogens is 1. The molecule has 6 heteroatoms. The van der Waals surface area contributed by atoms with Crippen LogP contribution in [0.15, 0.2) is 12.1 Å². The summed E-state index contributed by atoms with van der Waals surface area (Å²) in [5.41, 5.74) is 2.12. The van der Waals surface area contributed by atoms with Crippen LogP contribution in [0.5, 0.6) is 0 Å². The van der Waals surface area contributed by atoms with Crippen molar-refractivity contribution in [3.05, 3.63) is 28.8 Å². The standard InChI is InChI=1S/C12H14INO3.Na/c1-7-6-10(14-11(15)3-4-13)8(2)5-9(7)12(16)17;/h5-6H,3-4H2,1-2H3,(H,14,15)(H,16,17);/q;+1/p-1. The first-order chi connectivity index (χ1) is 7.95. The van der Waals surface area contributed by atoms with Crippen molar-refractivity contribution in [2.24, 2.45) is 0 Å². The molecule has 1 amide bonds. The Morgan fingerprint density at radius 2 is 1.89 bits per heavy atom. The molecule has 0 aliphatic rings. The maximum Gasteiger partial charge on any atom is 1.00 e. The van der Waals surface area contributed by atoms with Gasteiger partial charge in [-0.15, -0.1) is 0 Å². The van der Waals surface area contributed by atoms with Gasteiger partial charge in [0.15, 0.2) is 0 Å². The number of carboxylic acid groups (broad SMARTS) is 1. The average Bonchev–Trinajstić information content (AvgIpc) is 2.22. The third-order valence-electron chi connectivity index (χ3n) is 2.39. The predicted molar refractivity (Wildman–Crippen MR) is 72.4 cm³/mol. The van der Waals surface area contributed by atoms with Gasteiger partial charge in [-0.3, -0.25) is 4.79 Å². The van der Waals surface area contributed by atoms with E-state index in [4.69, 9.17) is 0 Å². The first kappa shape index (κ1) is 17.9. The Kier molecular flexibility index (Phi) is 8.09. The molecule has 0 unspecified atom stereocenters. The molecule has 0 aliphatic heterocycles. The van der Waals surface area contributed by atoms with E-state index in [0.717, 1.165) is 9.99 Å². The molecular weight excluding hydrogens is 356 g/mol. The summed E-state index contributed by atoms with van der Waals surface area (Å²) in [6, 6.07) is 3.18. The quantitative estimate of drug-likeness (QED) is 0.397. The van der Waals surface area contributed by atoms with Crippen LogP contribution in [0.3, 0.4) is 0 Å². The Hall–Kier alpha value is -0.110. The summed E-state index contributed by atoms with van der Waals surface area (Å²) in [5, 5.41) is 13.6. The number of aromatic carboxylic acids is 1. The van der Waals surface area contributed by atoms with E-state index in [1.807, 2.05) is 0 Å². The van der Waals surface area contributed by atoms with Gasteiger partial charge in [-0.05, 0) is 37.1 Å². The van der Waals surface area contributed by atoms with Gasteiger partial charge in [0.1, 0.15) is 0 Å². The molecule has 92 valence electrons. The van der Waals surface area contributed by atoms with E-state index in [0.29, 0.717) is 17.7 Å². The molecule has 0 radical (unpaired) electrons. The van der Waals surface area contributed by atoms with Crippen molar-refractivity contribution in [2.75, 3.05) is 9.74 Å². The molecule has 4 nitrogen and oxygen atoms in total. The van der Waals surface area contributed by atoms with Gasteiger partial charge in [0.05, 0.1) is 5.97 Å². The van der Waals surface area contributed by atoms with Crippen molar-refractivity contribution in [3.8, 4) is 0 Å². The molecule has 0 spiro atoms. The number of rotatable bonds is 4. The van der Waals surface area contributed by atoms with Crippen LogP contribution in [-0.4, -0.2) is 16.3 Å². The zero-order chi connectivity index (χ0) is 13.0. The van der Waals surface area contributed by atoms with Crippen LogP contribution in [0.1, 0.15) is 27.9 Å². The Bertz CT molecular complexity index is 463. The smallest absolute Gasteiger partial charge is 0.545 e. The molecule has 0 bridgehead atoms. The second kappa shape index (κ2) is 8.14. The van der Waals surface area contributed by atoms with Gasteiger partial charge >= 0.3 is 29.6 Å². The Balaban J connectivity index is 0.00000289. The minimum absolute atomic E-state index is 0. The number of alkyl halides is 1. The summed E-state index contributed by atoms with van der Waals surface area (Å²) in [7, 11) is 0. The molecule has 1 N–H and O–H groups in total. The molecule has 0 aliphatic carbocycles. The fourth-order valence-electron chi connectivity index (χ4n) is 1.47. The van der Waals surface area contributed by atoms with Crippen molar-refractivity contribution in [3.63, 3.8) is 0 Å². The minimum atomic E-state index is -1.20. The van der Waals surface area contributed by atoms with Gasteiger partial charge in [0.2, 0.25) is 5.91 Å². The summed E-state index contributed by atoms with van der Waals surface area (Å²) in [5.74, 6) is -1.26. The predicted octanol–water partition coefficient (Wildman–Crippen LogP) is -1.57. The van der Waals surface area contributed by atoms with Gasteiger partial charge in [0, 0.05) is 22.1 Å². The molecule has 0 heterocycles. The van der Waals surface area contributed by atoms with Crippen LogP contribution < -0.4 is 40.0 Å². The van der Waals surface area contributed by atoms with Crippen LogP contribution in [-0.2, 0) is 4.79 Å². The molecule has 1 aromatic carbocycles. The molecule has 1 rings (SSSR count). The van der Waals surface area contributed by atoms with E-state index in [1.54, 1.807) is 19.9 Å². The van der Waals surface area contributed by atoms with Gasteiger partial charge in [-0.25, -0.2) is 0 Å². The largest absolute Gasteiger partial charge is 1.00 e. The summed E-state index contributed by atoms with van der Waals surface area (Å²) >= 11 is 2.13. The topological polar surface area (TPSA) is 69.2 Å². The van der Waals surface area contributed by atoms with Crippen LogP contribution >= 0.6 is 22.6 Å². The summed E-state index contributed by atoms with van der Waals surface area (Å²) in [4.78, 5) is 22.3. The average molecular weight is 369 g/mol. The van der Waals surface area contributed by atoms with Gasteiger partial charge in [-0.1, -0.05) is 22.6 Å². The number of amides is 1. The number of carbonyl (C=O) groups excluding carboxylic acids is 2. The minimum Gasteiger partial charge on any atom is -0.545 e. The van der Waals surface area contributed by atoms with Crippen molar-refractivity contribution < 1.29 is 44.3 Å². The summed E-state index contributed by atoms with van der Waals surface area (Å²) in [6.45, 7) is 3.43. The van der Waals surface area contributed by atoms with Crippen LogP contribution in [0.2, 0.25) is 0 Å². The van der Waals surface area contributed by atoms with Gasteiger partial charge in [0.25, 0.3) is 0 Å². The number of nitrogens with one attached hydrogen (secondary N) is 1. The third-order valence-corrected chi connectivity index (χ3v) is 2.93. The molecule has 0 saturated heterocycles. The molecule has 0 atom stereocenters. The SMILES string of the molecule is Cc1cc(C(=O)[O-])c(C)cc1NC(=O)CCI.[Na+]. The second-order valence-corrected chi connectivity index (χ2v) is 4.84. The number of carboxylic acids is 1. The molecule has 0 saturated carbocycles. The molecular formula is C12H13INNaO3. The first-order valence-corrected chi connectivity index (χ1v) is 6.66. The molecule has 1 aromatic rings. The van der Waals surface area contributed by atoms with E-state index in [-0.39, 0.29) is 41.0 Å². The summed E-state index contributed by atoms with van der Waals surface area (Å²) < 4.78 is 0.749. The van der Waals surface area contributed by atoms with Gasteiger partial charge in [-0.2, -0.15) is 0 Å². The monoisotopic (exact) mass is 369 g/mol. The third kappa shape index (κ3) is 4.87. The fraction of sp³-hybridized carbons (Fsp3) is 0.333. The Labute approximate surface area is 142 Å². The second-order valence-electron chi connectivity index (χ2n) is 3.76. The zero-order valence-corrected chi connectivity index (χ0v) is 14.8. The maximum atomic E-state index is 11.5.